The Morgan fingerprint density at radius 3 is 2.77 bits per heavy atom. The van der Waals surface area contributed by atoms with Crippen LogP contribution in [-0.2, 0) is 24.2 Å². The van der Waals surface area contributed by atoms with Crippen LogP contribution >= 0.6 is 0 Å². The van der Waals surface area contributed by atoms with Gasteiger partial charge in [0.1, 0.15) is 0 Å². The second kappa shape index (κ2) is 6.68. The van der Waals surface area contributed by atoms with E-state index in [4.69, 9.17) is 0 Å². The molecule has 26 heavy (non-hydrogen) atoms. The SMILES string of the molecule is CCCn1nc(C(=O)O)c2c1CC[C@H](N1CCC3(CC1)CNC(=O)C3)C2. The van der Waals surface area contributed by atoms with Crippen LogP contribution in [0.4, 0.5) is 0 Å². The summed E-state index contributed by atoms with van der Waals surface area (Å²) in [4.78, 5) is 25.8. The molecule has 1 spiro atoms. The largest absolute Gasteiger partial charge is 0.476 e. The van der Waals surface area contributed by atoms with Gasteiger partial charge in [-0.15, -0.1) is 0 Å². The molecular weight excluding hydrogens is 332 g/mol. The minimum atomic E-state index is -0.912. The third-order valence-corrected chi connectivity index (χ3v) is 6.53. The van der Waals surface area contributed by atoms with Crippen LogP contribution in [0.3, 0.4) is 0 Å². The normalized spacial score (nSPS) is 25.3. The van der Waals surface area contributed by atoms with Gasteiger partial charge < -0.3 is 10.4 Å². The Labute approximate surface area is 153 Å². The summed E-state index contributed by atoms with van der Waals surface area (Å²) in [6.07, 6.45) is 6.48. The third kappa shape index (κ3) is 3.02. The highest BCUT2D eigenvalue weighted by Gasteiger charge is 2.42. The molecule has 0 bridgehead atoms. The zero-order valence-corrected chi connectivity index (χ0v) is 15.5. The van der Waals surface area contributed by atoms with E-state index in [0.29, 0.717) is 12.5 Å². The van der Waals surface area contributed by atoms with Crippen molar-refractivity contribution in [2.24, 2.45) is 5.41 Å². The maximum absolute atomic E-state index is 11.6. The van der Waals surface area contributed by atoms with Gasteiger partial charge in [-0.2, -0.15) is 5.10 Å². The molecule has 1 aliphatic carbocycles. The van der Waals surface area contributed by atoms with Crippen LogP contribution in [-0.4, -0.2) is 57.3 Å². The van der Waals surface area contributed by atoms with E-state index in [9.17, 15) is 14.7 Å². The molecule has 2 N–H and O–H groups in total. The van der Waals surface area contributed by atoms with Gasteiger partial charge in [0, 0.05) is 36.8 Å². The van der Waals surface area contributed by atoms with Crippen LogP contribution in [0.2, 0.25) is 0 Å². The molecule has 1 aromatic heterocycles. The molecule has 3 heterocycles. The van der Waals surface area contributed by atoms with Crippen molar-refractivity contribution in [3.8, 4) is 0 Å². The Balaban J connectivity index is 1.47. The summed E-state index contributed by atoms with van der Waals surface area (Å²) in [6.45, 7) is 5.70. The molecule has 2 saturated heterocycles. The number of carboxylic acid groups (broad SMARTS) is 1. The van der Waals surface area contributed by atoms with Gasteiger partial charge in [0.05, 0.1) is 0 Å². The third-order valence-electron chi connectivity index (χ3n) is 6.53. The molecule has 0 unspecified atom stereocenters. The number of piperidine rings is 1. The molecule has 0 aromatic carbocycles. The lowest BCUT2D eigenvalue weighted by atomic mass is 9.76. The Kier molecular flexibility index (Phi) is 4.50. The average molecular weight is 360 g/mol. The van der Waals surface area contributed by atoms with Crippen LogP contribution in [0.5, 0.6) is 0 Å². The second-order valence-electron chi connectivity index (χ2n) is 8.19. The molecule has 3 aliphatic rings. The number of carboxylic acids is 1. The van der Waals surface area contributed by atoms with Crippen molar-refractivity contribution in [3.63, 3.8) is 0 Å². The molecule has 0 saturated carbocycles. The lowest BCUT2D eigenvalue weighted by Gasteiger charge is -2.43. The molecule has 0 radical (unpaired) electrons. The van der Waals surface area contributed by atoms with Crippen molar-refractivity contribution < 1.29 is 14.7 Å². The number of carbonyl (C=O) groups is 2. The summed E-state index contributed by atoms with van der Waals surface area (Å²) in [5.41, 5.74) is 2.48. The number of amides is 1. The van der Waals surface area contributed by atoms with Crippen molar-refractivity contribution in [1.82, 2.24) is 20.0 Å². The molecule has 2 aliphatic heterocycles. The minimum absolute atomic E-state index is 0.158. The second-order valence-corrected chi connectivity index (χ2v) is 8.19. The van der Waals surface area contributed by atoms with E-state index in [1.807, 2.05) is 4.68 Å². The Morgan fingerprint density at radius 2 is 2.15 bits per heavy atom. The number of nitrogens with zero attached hydrogens (tertiary/aromatic N) is 3. The van der Waals surface area contributed by atoms with E-state index in [1.165, 1.54) is 0 Å². The van der Waals surface area contributed by atoms with Gasteiger partial charge in [-0.3, -0.25) is 14.4 Å². The van der Waals surface area contributed by atoms with Gasteiger partial charge in [-0.05, 0) is 57.0 Å². The highest BCUT2D eigenvalue weighted by molar-refractivity contribution is 5.87. The molecule has 7 nitrogen and oxygen atoms in total. The van der Waals surface area contributed by atoms with E-state index < -0.39 is 5.97 Å². The molecule has 1 amide bonds. The number of nitrogens with one attached hydrogen (secondary N) is 1. The summed E-state index contributed by atoms with van der Waals surface area (Å²) < 4.78 is 1.91. The minimum Gasteiger partial charge on any atom is -0.476 e. The smallest absolute Gasteiger partial charge is 0.356 e. The van der Waals surface area contributed by atoms with Crippen LogP contribution < -0.4 is 5.32 Å². The van der Waals surface area contributed by atoms with E-state index in [0.717, 1.165) is 76.0 Å². The fourth-order valence-corrected chi connectivity index (χ4v) is 5.02. The molecule has 1 atom stereocenters. The summed E-state index contributed by atoms with van der Waals surface area (Å²) >= 11 is 0. The standard InChI is InChI=1S/C19H28N4O3/c1-2-7-23-15-4-3-13(10-14(15)17(21-23)18(25)26)22-8-5-19(6-9-22)11-16(24)20-12-19/h13H,2-12H2,1H3,(H,20,24)(H,25,26)/t13-/m0/s1. The molecule has 7 heteroatoms. The predicted molar refractivity (Wildman–Crippen MR) is 96.2 cm³/mol. The van der Waals surface area contributed by atoms with Gasteiger partial charge in [-0.1, -0.05) is 6.92 Å². The fourth-order valence-electron chi connectivity index (χ4n) is 5.02. The van der Waals surface area contributed by atoms with E-state index in [2.05, 4.69) is 22.2 Å². The molecule has 2 fully saturated rings. The summed E-state index contributed by atoms with van der Waals surface area (Å²) in [6, 6.07) is 0.391. The number of hydrogen-bond acceptors (Lipinski definition) is 4. The topological polar surface area (TPSA) is 87.5 Å². The first-order valence-electron chi connectivity index (χ1n) is 9.84. The molecule has 142 valence electrons. The number of fused-ring (bicyclic) bond motifs is 1. The Hall–Kier alpha value is -1.89. The number of likely N-dealkylation sites (tertiary alicyclic amines) is 1. The number of aromatic carboxylic acids is 1. The number of aromatic nitrogens is 2. The average Bonchev–Trinajstić information content (AvgIpc) is 3.17. The number of hydrogen-bond donors (Lipinski definition) is 2. The molecular formula is C19H28N4O3. The van der Waals surface area contributed by atoms with Crippen molar-refractivity contribution >= 4 is 11.9 Å². The maximum Gasteiger partial charge on any atom is 0.356 e. The Morgan fingerprint density at radius 1 is 1.38 bits per heavy atom. The van der Waals surface area contributed by atoms with Gasteiger partial charge in [0.25, 0.3) is 0 Å². The number of rotatable bonds is 4. The lowest BCUT2D eigenvalue weighted by Crippen LogP contribution is -2.47. The number of aryl methyl sites for hydroxylation is 1. The summed E-state index contributed by atoms with van der Waals surface area (Å²) in [5, 5.41) is 16.9. The number of carbonyl (C=O) groups excluding carboxylic acids is 1. The first kappa shape index (κ1) is 17.5. The van der Waals surface area contributed by atoms with Crippen LogP contribution in [0.1, 0.15) is 60.8 Å². The van der Waals surface area contributed by atoms with Gasteiger partial charge in [0.2, 0.25) is 5.91 Å². The van der Waals surface area contributed by atoms with Crippen molar-refractivity contribution in [3.05, 3.63) is 17.0 Å². The molecule has 4 rings (SSSR count). The summed E-state index contributed by atoms with van der Waals surface area (Å²) in [7, 11) is 0. The highest BCUT2D eigenvalue weighted by Crippen LogP contribution is 2.39. The van der Waals surface area contributed by atoms with Crippen LogP contribution in [0.15, 0.2) is 0 Å². The summed E-state index contributed by atoms with van der Waals surface area (Å²) in [5.74, 6) is -0.722. The van der Waals surface area contributed by atoms with E-state index in [1.54, 1.807) is 0 Å². The zero-order valence-electron chi connectivity index (χ0n) is 15.5. The monoisotopic (exact) mass is 360 g/mol. The molecule has 1 aromatic rings. The van der Waals surface area contributed by atoms with Crippen molar-refractivity contribution in [2.45, 2.75) is 64.5 Å². The van der Waals surface area contributed by atoms with E-state index in [-0.39, 0.29) is 17.0 Å². The first-order valence-corrected chi connectivity index (χ1v) is 9.84. The van der Waals surface area contributed by atoms with Crippen LogP contribution in [0.25, 0.3) is 0 Å². The predicted octanol–water partition coefficient (Wildman–Crippen LogP) is 1.45. The lowest BCUT2D eigenvalue weighted by molar-refractivity contribution is -0.119. The van der Waals surface area contributed by atoms with Crippen molar-refractivity contribution in [1.29, 1.82) is 0 Å². The quantitative estimate of drug-likeness (QED) is 0.849. The van der Waals surface area contributed by atoms with Gasteiger partial charge >= 0.3 is 5.97 Å². The zero-order chi connectivity index (χ0) is 18.3. The highest BCUT2D eigenvalue weighted by atomic mass is 16.4. The maximum atomic E-state index is 11.6. The first-order chi connectivity index (χ1) is 12.5. The van der Waals surface area contributed by atoms with Crippen LogP contribution in [0, 0.1) is 5.41 Å². The van der Waals surface area contributed by atoms with Crippen molar-refractivity contribution in [2.75, 3.05) is 19.6 Å². The van der Waals surface area contributed by atoms with Gasteiger partial charge in [0.15, 0.2) is 5.69 Å². The van der Waals surface area contributed by atoms with E-state index >= 15 is 0 Å². The Bertz CT molecular complexity index is 719. The fraction of sp³-hybridized carbons (Fsp3) is 0.737. The van der Waals surface area contributed by atoms with Gasteiger partial charge in [-0.25, -0.2) is 4.79 Å².